The fourth-order valence-corrected chi connectivity index (χ4v) is 2.58. The van der Waals surface area contributed by atoms with Gasteiger partial charge in [0, 0.05) is 19.2 Å². The summed E-state index contributed by atoms with van der Waals surface area (Å²) >= 11 is 0. The molecule has 0 N–H and O–H groups in total. The lowest BCUT2D eigenvalue weighted by molar-refractivity contribution is 0.341. The van der Waals surface area contributed by atoms with Crippen molar-refractivity contribution in [2.24, 2.45) is 7.05 Å². The second-order valence-corrected chi connectivity index (χ2v) is 5.05. The van der Waals surface area contributed by atoms with Crippen LogP contribution in [0.15, 0.2) is 16.9 Å². The van der Waals surface area contributed by atoms with E-state index in [1.165, 1.54) is 38.5 Å². The van der Waals surface area contributed by atoms with Crippen LogP contribution < -0.4 is 0 Å². The standard InChI is InChI=1S/C13H18N4O/c1-17-9-11(8-14-17)12-15-13(18-16-12)10-6-4-2-3-5-7-10/h8-10H,2-7H2,1H3. The van der Waals surface area contributed by atoms with E-state index < -0.39 is 0 Å². The molecule has 2 aromatic rings. The maximum absolute atomic E-state index is 5.43. The average Bonchev–Trinajstić information content (AvgIpc) is 2.92. The van der Waals surface area contributed by atoms with Gasteiger partial charge in [0.2, 0.25) is 11.7 Å². The van der Waals surface area contributed by atoms with E-state index in [0.29, 0.717) is 11.7 Å². The SMILES string of the molecule is Cn1cc(-c2noc(C3CCCCCC3)n2)cn1. The maximum Gasteiger partial charge on any atom is 0.230 e. The summed E-state index contributed by atoms with van der Waals surface area (Å²) in [5, 5.41) is 8.19. The van der Waals surface area contributed by atoms with E-state index in [0.717, 1.165) is 11.5 Å². The molecule has 96 valence electrons. The lowest BCUT2D eigenvalue weighted by Gasteiger charge is -2.06. The molecule has 1 fully saturated rings. The van der Waals surface area contributed by atoms with E-state index in [2.05, 4.69) is 15.2 Å². The highest BCUT2D eigenvalue weighted by Crippen LogP contribution is 2.31. The normalized spacial score (nSPS) is 17.8. The Labute approximate surface area is 106 Å². The molecule has 2 heterocycles. The van der Waals surface area contributed by atoms with Gasteiger partial charge in [-0.05, 0) is 12.8 Å². The van der Waals surface area contributed by atoms with Crippen molar-refractivity contribution < 1.29 is 4.52 Å². The van der Waals surface area contributed by atoms with Crippen molar-refractivity contribution in [3.8, 4) is 11.4 Å². The molecule has 0 saturated heterocycles. The van der Waals surface area contributed by atoms with Gasteiger partial charge in [0.15, 0.2) is 0 Å². The lowest BCUT2D eigenvalue weighted by atomic mass is 10.0. The van der Waals surface area contributed by atoms with E-state index >= 15 is 0 Å². The van der Waals surface area contributed by atoms with Gasteiger partial charge in [-0.3, -0.25) is 4.68 Å². The minimum atomic E-state index is 0.449. The molecule has 18 heavy (non-hydrogen) atoms. The average molecular weight is 246 g/mol. The molecule has 0 atom stereocenters. The van der Waals surface area contributed by atoms with E-state index in [4.69, 9.17) is 4.52 Å². The first kappa shape index (κ1) is 11.4. The van der Waals surface area contributed by atoms with Crippen molar-refractivity contribution in [2.75, 3.05) is 0 Å². The zero-order valence-corrected chi connectivity index (χ0v) is 10.7. The van der Waals surface area contributed by atoms with Gasteiger partial charge in [0.05, 0.1) is 11.8 Å². The number of aryl methyl sites for hydroxylation is 1. The number of nitrogens with zero attached hydrogens (tertiary/aromatic N) is 4. The Bertz CT molecular complexity index is 509. The van der Waals surface area contributed by atoms with Crippen molar-refractivity contribution in [1.82, 2.24) is 19.9 Å². The Balaban J connectivity index is 1.80. The number of hydrogen-bond donors (Lipinski definition) is 0. The first-order valence-corrected chi connectivity index (χ1v) is 6.65. The molecule has 3 rings (SSSR count). The molecule has 0 aliphatic heterocycles. The summed E-state index contributed by atoms with van der Waals surface area (Å²) < 4.78 is 7.17. The highest BCUT2D eigenvalue weighted by atomic mass is 16.5. The summed E-state index contributed by atoms with van der Waals surface area (Å²) in [5.41, 5.74) is 0.918. The van der Waals surface area contributed by atoms with Crippen LogP contribution in [-0.2, 0) is 7.05 Å². The first-order chi connectivity index (χ1) is 8.83. The Morgan fingerprint density at radius 1 is 1.22 bits per heavy atom. The molecule has 2 aromatic heterocycles. The molecule has 1 saturated carbocycles. The van der Waals surface area contributed by atoms with E-state index in [9.17, 15) is 0 Å². The molecule has 5 nitrogen and oxygen atoms in total. The quantitative estimate of drug-likeness (QED) is 0.764. The molecule has 5 heteroatoms. The van der Waals surface area contributed by atoms with Crippen LogP contribution in [0, 0.1) is 0 Å². The summed E-state index contributed by atoms with van der Waals surface area (Å²) in [7, 11) is 1.88. The van der Waals surface area contributed by atoms with E-state index in [1.54, 1.807) is 10.9 Å². The molecule has 0 bridgehead atoms. The van der Waals surface area contributed by atoms with Crippen LogP contribution in [0.2, 0.25) is 0 Å². The fraction of sp³-hybridized carbons (Fsp3) is 0.615. The molecule has 0 spiro atoms. The van der Waals surface area contributed by atoms with Gasteiger partial charge in [0.25, 0.3) is 0 Å². The third kappa shape index (κ3) is 2.30. The lowest BCUT2D eigenvalue weighted by Crippen LogP contribution is -1.97. The van der Waals surface area contributed by atoms with Gasteiger partial charge < -0.3 is 4.52 Å². The van der Waals surface area contributed by atoms with Gasteiger partial charge >= 0.3 is 0 Å². The number of aromatic nitrogens is 4. The summed E-state index contributed by atoms with van der Waals surface area (Å²) in [6.07, 6.45) is 11.2. The van der Waals surface area contributed by atoms with Gasteiger partial charge in [-0.15, -0.1) is 0 Å². The Kier molecular flexibility index (Phi) is 3.13. The van der Waals surface area contributed by atoms with Gasteiger partial charge in [-0.1, -0.05) is 30.8 Å². The van der Waals surface area contributed by atoms with E-state index in [1.807, 2.05) is 13.2 Å². The predicted molar refractivity (Wildman–Crippen MR) is 66.9 cm³/mol. The molecule has 0 unspecified atom stereocenters. The molecular formula is C13H18N4O. The van der Waals surface area contributed by atoms with Crippen molar-refractivity contribution in [2.45, 2.75) is 44.4 Å². The smallest absolute Gasteiger partial charge is 0.230 e. The van der Waals surface area contributed by atoms with Crippen molar-refractivity contribution in [1.29, 1.82) is 0 Å². The fourth-order valence-electron chi connectivity index (χ4n) is 2.58. The molecule has 0 amide bonds. The van der Waals surface area contributed by atoms with Crippen LogP contribution >= 0.6 is 0 Å². The molecule has 0 radical (unpaired) electrons. The summed E-state index contributed by atoms with van der Waals surface area (Å²) in [4.78, 5) is 4.53. The summed E-state index contributed by atoms with van der Waals surface area (Å²) in [6.45, 7) is 0. The van der Waals surface area contributed by atoms with Crippen molar-refractivity contribution in [3.63, 3.8) is 0 Å². The third-order valence-electron chi connectivity index (χ3n) is 3.61. The van der Waals surface area contributed by atoms with Crippen LogP contribution in [0.25, 0.3) is 11.4 Å². The molecule has 1 aliphatic rings. The summed E-state index contributed by atoms with van der Waals surface area (Å²) in [5.74, 6) is 1.91. The van der Waals surface area contributed by atoms with Crippen LogP contribution in [0.4, 0.5) is 0 Å². The molecule has 0 aromatic carbocycles. The van der Waals surface area contributed by atoms with Crippen LogP contribution in [0.3, 0.4) is 0 Å². The number of rotatable bonds is 2. The largest absolute Gasteiger partial charge is 0.339 e. The maximum atomic E-state index is 5.43. The van der Waals surface area contributed by atoms with E-state index in [-0.39, 0.29) is 0 Å². The minimum absolute atomic E-state index is 0.449. The van der Waals surface area contributed by atoms with Gasteiger partial charge in [-0.25, -0.2) is 0 Å². The third-order valence-corrected chi connectivity index (χ3v) is 3.61. The molecule has 1 aliphatic carbocycles. The molecular weight excluding hydrogens is 228 g/mol. The Hall–Kier alpha value is -1.65. The topological polar surface area (TPSA) is 56.7 Å². The van der Waals surface area contributed by atoms with Gasteiger partial charge in [0.1, 0.15) is 0 Å². The zero-order chi connectivity index (χ0) is 12.4. The number of hydrogen-bond acceptors (Lipinski definition) is 4. The van der Waals surface area contributed by atoms with Crippen LogP contribution in [0.5, 0.6) is 0 Å². The van der Waals surface area contributed by atoms with Crippen molar-refractivity contribution in [3.05, 3.63) is 18.3 Å². The summed E-state index contributed by atoms with van der Waals surface area (Å²) in [6, 6.07) is 0. The monoisotopic (exact) mass is 246 g/mol. The highest BCUT2D eigenvalue weighted by molar-refractivity contribution is 5.51. The van der Waals surface area contributed by atoms with Crippen LogP contribution in [-0.4, -0.2) is 19.9 Å². The Morgan fingerprint density at radius 2 is 2.00 bits per heavy atom. The highest BCUT2D eigenvalue weighted by Gasteiger charge is 2.21. The zero-order valence-electron chi connectivity index (χ0n) is 10.7. The van der Waals surface area contributed by atoms with Crippen molar-refractivity contribution >= 4 is 0 Å². The predicted octanol–water partition coefficient (Wildman–Crippen LogP) is 2.91. The Morgan fingerprint density at radius 3 is 2.67 bits per heavy atom. The first-order valence-electron chi connectivity index (χ1n) is 6.65. The second-order valence-electron chi connectivity index (χ2n) is 5.05. The minimum Gasteiger partial charge on any atom is -0.339 e. The second kappa shape index (κ2) is 4.92. The van der Waals surface area contributed by atoms with Crippen LogP contribution in [0.1, 0.15) is 50.3 Å². The van der Waals surface area contributed by atoms with Gasteiger partial charge in [-0.2, -0.15) is 10.1 Å².